The molecule has 0 N–H and O–H groups in total. The van der Waals surface area contributed by atoms with Crippen molar-refractivity contribution in [2.45, 2.75) is 24.7 Å². The molecule has 180 valence electrons. The van der Waals surface area contributed by atoms with E-state index in [-0.39, 0.29) is 10.9 Å². The second kappa shape index (κ2) is 7.97. The largest absolute Gasteiger partial charge is 0.480 e. The lowest BCUT2D eigenvalue weighted by Gasteiger charge is -2.25. The molecule has 4 rings (SSSR count). The van der Waals surface area contributed by atoms with Gasteiger partial charge in [-0.05, 0) is 36.2 Å². The summed E-state index contributed by atoms with van der Waals surface area (Å²) in [4.78, 5) is 7.68. The van der Waals surface area contributed by atoms with E-state index in [4.69, 9.17) is 9.47 Å². The number of hydrogen-bond donors (Lipinski definition) is 0. The van der Waals surface area contributed by atoms with E-state index in [2.05, 4.69) is 9.97 Å². The fourth-order valence-corrected chi connectivity index (χ4v) is 4.73. The molecule has 34 heavy (non-hydrogen) atoms. The van der Waals surface area contributed by atoms with Crippen LogP contribution in [-0.4, -0.2) is 42.0 Å². The number of aryl methyl sites for hydroxylation is 1. The average molecular weight is 504 g/mol. The molecule has 0 saturated heterocycles. The molecule has 0 amide bonds. The minimum absolute atomic E-state index is 0.0772. The van der Waals surface area contributed by atoms with Crippen molar-refractivity contribution >= 4 is 22.5 Å². The molecule has 0 spiro atoms. The third-order valence-electron chi connectivity index (χ3n) is 5.36. The van der Waals surface area contributed by atoms with Gasteiger partial charge >= 0.3 is 23.8 Å². The van der Waals surface area contributed by atoms with E-state index in [1.54, 1.807) is 0 Å². The second-order valence-electron chi connectivity index (χ2n) is 7.34. The third kappa shape index (κ3) is 3.34. The van der Waals surface area contributed by atoms with Gasteiger partial charge in [0.15, 0.2) is 0 Å². The van der Waals surface area contributed by atoms with Crippen LogP contribution >= 0.6 is 11.3 Å². The number of benzene rings is 1. The van der Waals surface area contributed by atoms with Crippen molar-refractivity contribution in [3.63, 3.8) is 0 Å². The van der Waals surface area contributed by atoms with E-state index in [0.717, 1.165) is 43.8 Å². The Morgan fingerprint density at radius 1 is 0.853 bits per heavy atom. The summed E-state index contributed by atoms with van der Waals surface area (Å²) < 4.78 is 112. The molecule has 0 bridgehead atoms. The Morgan fingerprint density at radius 2 is 1.44 bits per heavy atom. The lowest BCUT2D eigenvalue weighted by Crippen LogP contribution is -2.48. The maximum Gasteiger partial charge on any atom is 0.380 e. The zero-order valence-electron chi connectivity index (χ0n) is 17.7. The normalized spacial score (nSPS) is 18.3. The number of allylic oxidation sites excluding steroid dienone is 2. The van der Waals surface area contributed by atoms with Gasteiger partial charge in [-0.3, -0.25) is 0 Å². The standard InChI is InChI=1S/C22H15F7N2O2S/c1-10-13(8-15(34-10)11-4-6-12(23)7-5-11)16-17(21(26,27)22(28,29)20(16,24)25)14-9-30-19(33-3)31-18(14)32-2/h4-9H,1-3H3. The monoisotopic (exact) mass is 504 g/mol. The number of rotatable bonds is 5. The Kier molecular flexibility index (Phi) is 5.62. The zero-order valence-corrected chi connectivity index (χ0v) is 18.5. The van der Waals surface area contributed by atoms with Crippen LogP contribution in [0.1, 0.15) is 16.0 Å². The van der Waals surface area contributed by atoms with E-state index in [0.29, 0.717) is 16.6 Å². The van der Waals surface area contributed by atoms with Crippen LogP contribution in [0.3, 0.4) is 0 Å². The van der Waals surface area contributed by atoms with Crippen LogP contribution < -0.4 is 9.47 Å². The van der Waals surface area contributed by atoms with Crippen molar-refractivity contribution in [2.75, 3.05) is 14.2 Å². The van der Waals surface area contributed by atoms with E-state index >= 15 is 17.6 Å². The number of ether oxygens (including phenoxy) is 2. The number of alkyl halides is 6. The average Bonchev–Trinajstić information content (AvgIpc) is 3.21. The van der Waals surface area contributed by atoms with Gasteiger partial charge < -0.3 is 9.47 Å². The minimum atomic E-state index is -5.75. The highest BCUT2D eigenvalue weighted by Gasteiger charge is 2.80. The topological polar surface area (TPSA) is 44.2 Å². The molecule has 0 saturated carbocycles. The molecule has 3 aromatic rings. The zero-order chi connectivity index (χ0) is 25.1. The summed E-state index contributed by atoms with van der Waals surface area (Å²) in [5.74, 6) is -17.5. The second-order valence-corrected chi connectivity index (χ2v) is 8.60. The van der Waals surface area contributed by atoms with E-state index in [1.165, 1.54) is 19.1 Å². The van der Waals surface area contributed by atoms with Gasteiger partial charge in [-0.15, -0.1) is 11.3 Å². The molecular weight excluding hydrogens is 489 g/mol. The number of aromatic nitrogens is 2. The molecule has 12 heteroatoms. The fourth-order valence-electron chi connectivity index (χ4n) is 3.70. The highest BCUT2D eigenvalue weighted by Crippen LogP contribution is 2.66. The lowest BCUT2D eigenvalue weighted by atomic mass is 9.96. The van der Waals surface area contributed by atoms with E-state index in [9.17, 15) is 13.2 Å². The van der Waals surface area contributed by atoms with Crippen LogP contribution in [-0.2, 0) is 0 Å². The van der Waals surface area contributed by atoms with Gasteiger partial charge in [0, 0.05) is 21.5 Å². The maximum atomic E-state index is 15.1. The molecule has 1 aromatic carbocycles. The molecular formula is C22H15F7N2O2S. The van der Waals surface area contributed by atoms with Crippen molar-refractivity contribution < 1.29 is 40.2 Å². The van der Waals surface area contributed by atoms with Gasteiger partial charge in [0.1, 0.15) is 5.82 Å². The number of hydrogen-bond acceptors (Lipinski definition) is 5. The minimum Gasteiger partial charge on any atom is -0.480 e. The molecule has 0 fully saturated rings. The van der Waals surface area contributed by atoms with Crippen LogP contribution in [0.5, 0.6) is 11.9 Å². The maximum absolute atomic E-state index is 15.1. The van der Waals surface area contributed by atoms with Crippen LogP contribution in [0.2, 0.25) is 0 Å². The summed E-state index contributed by atoms with van der Waals surface area (Å²) in [5.41, 5.74) is -4.13. The van der Waals surface area contributed by atoms with Crippen LogP contribution in [0, 0.1) is 12.7 Å². The Labute approximate surface area is 192 Å². The predicted octanol–water partition coefficient (Wildman–Crippen LogP) is 6.50. The number of thiophene rings is 1. The predicted molar refractivity (Wildman–Crippen MR) is 111 cm³/mol. The Hall–Kier alpha value is -3.15. The Morgan fingerprint density at radius 3 is 2.00 bits per heavy atom. The fraction of sp³-hybridized carbons (Fsp3) is 0.273. The smallest absolute Gasteiger partial charge is 0.380 e. The molecule has 4 nitrogen and oxygen atoms in total. The van der Waals surface area contributed by atoms with Gasteiger partial charge in [0.05, 0.1) is 25.4 Å². The van der Waals surface area contributed by atoms with Crippen molar-refractivity contribution in [1.29, 1.82) is 0 Å². The summed E-state index contributed by atoms with van der Waals surface area (Å²) in [6.07, 6.45) is 0.675. The van der Waals surface area contributed by atoms with Gasteiger partial charge in [-0.1, -0.05) is 12.1 Å². The van der Waals surface area contributed by atoms with Crippen LogP contribution in [0.15, 0.2) is 36.5 Å². The quantitative estimate of drug-likeness (QED) is 0.372. The highest BCUT2D eigenvalue weighted by molar-refractivity contribution is 7.15. The van der Waals surface area contributed by atoms with Crippen molar-refractivity contribution in [3.05, 3.63) is 58.3 Å². The van der Waals surface area contributed by atoms with Gasteiger partial charge in [0.25, 0.3) is 0 Å². The van der Waals surface area contributed by atoms with Gasteiger partial charge in [0.2, 0.25) is 5.88 Å². The van der Waals surface area contributed by atoms with Gasteiger partial charge in [-0.25, -0.2) is 9.37 Å². The first kappa shape index (κ1) is 24.0. The molecule has 0 unspecified atom stereocenters. The molecule has 2 aromatic heterocycles. The molecule has 1 aliphatic carbocycles. The van der Waals surface area contributed by atoms with Gasteiger partial charge in [-0.2, -0.15) is 31.3 Å². The molecule has 0 radical (unpaired) electrons. The molecule has 0 aliphatic heterocycles. The summed E-state index contributed by atoms with van der Waals surface area (Å²) >= 11 is 0.912. The summed E-state index contributed by atoms with van der Waals surface area (Å²) in [6.45, 7) is 1.34. The summed E-state index contributed by atoms with van der Waals surface area (Å²) in [6, 6.07) is 5.73. The molecule has 1 aliphatic rings. The van der Waals surface area contributed by atoms with E-state index in [1.807, 2.05) is 0 Å². The first-order chi connectivity index (χ1) is 15.9. The molecule has 0 atom stereocenters. The van der Waals surface area contributed by atoms with E-state index < -0.39 is 51.7 Å². The van der Waals surface area contributed by atoms with Crippen LogP contribution in [0.4, 0.5) is 30.7 Å². The SMILES string of the molecule is COc1ncc(C2=C(c3cc(-c4ccc(F)cc4)sc3C)C(F)(F)C(F)(F)C2(F)F)c(OC)n1. The summed E-state index contributed by atoms with van der Waals surface area (Å²) in [7, 11) is 2.18. The summed E-state index contributed by atoms with van der Waals surface area (Å²) in [5, 5.41) is 0. The first-order valence-corrected chi connectivity index (χ1v) is 10.4. The van der Waals surface area contributed by atoms with Crippen molar-refractivity contribution in [2.24, 2.45) is 0 Å². The number of nitrogens with zero attached hydrogens (tertiary/aromatic N) is 2. The highest BCUT2D eigenvalue weighted by atomic mass is 32.1. The van der Waals surface area contributed by atoms with Crippen molar-refractivity contribution in [3.8, 4) is 22.3 Å². The Bertz CT molecular complexity index is 1290. The Balaban J connectivity index is 2.04. The third-order valence-corrected chi connectivity index (χ3v) is 6.46. The lowest BCUT2D eigenvalue weighted by molar-refractivity contribution is -0.254. The number of methoxy groups -OCH3 is 2. The van der Waals surface area contributed by atoms with Crippen molar-refractivity contribution in [1.82, 2.24) is 9.97 Å². The first-order valence-electron chi connectivity index (χ1n) is 9.57. The molecule has 2 heterocycles. The van der Waals surface area contributed by atoms with Crippen LogP contribution in [0.25, 0.3) is 21.6 Å². The number of halogens is 7.